The Morgan fingerprint density at radius 1 is 1.04 bits per heavy atom. The zero-order chi connectivity index (χ0) is 16.3. The summed E-state index contributed by atoms with van der Waals surface area (Å²) in [5.74, 6) is 2.04. The van der Waals surface area contributed by atoms with E-state index in [1.807, 2.05) is 0 Å². The van der Waals surface area contributed by atoms with E-state index in [1.54, 1.807) is 0 Å². The number of epoxide rings is 1. The van der Waals surface area contributed by atoms with Crippen LogP contribution >= 0.6 is 0 Å². The van der Waals surface area contributed by atoms with Gasteiger partial charge in [0.2, 0.25) is 0 Å². The fraction of sp³-hybridized carbons (Fsp3) is 1.00. The first-order valence-corrected chi connectivity index (χ1v) is 9.77. The van der Waals surface area contributed by atoms with Crippen LogP contribution in [0.2, 0.25) is 0 Å². The Balaban J connectivity index is 1.59. The van der Waals surface area contributed by atoms with Gasteiger partial charge in [-0.1, -0.05) is 13.8 Å². The Hall–Kier alpha value is -0.120. The molecule has 3 nitrogen and oxygen atoms in total. The maximum Gasteiger partial charge on any atom is 0.0948 e. The average Bonchev–Trinajstić information content (AvgIpc) is 3.05. The molecule has 0 aromatic rings. The maximum absolute atomic E-state index is 10.7. The third-order valence-corrected chi connectivity index (χ3v) is 9.85. The standard InChI is InChI=1S/C20H32O3/c1-17(11-21)14-5-4-12-8-13-9-20(12,10-16-19(13,3)23-16)18(14,2)7-6-15(17)22/h12-16,21-22H,4-11H2,1-3H3/t12-,13+,14-,15+,16?,17-,18-,19-,20?/m0/s1. The molecule has 130 valence electrons. The van der Waals surface area contributed by atoms with Gasteiger partial charge in [-0.15, -0.1) is 0 Å². The van der Waals surface area contributed by atoms with E-state index in [0.29, 0.717) is 17.4 Å². The first-order valence-electron chi connectivity index (χ1n) is 9.77. The SMILES string of the molecule is C[C@@]1(CO)[C@H](O)CC[C@@]2(C)[C@H]1CC[C@H]1C[C@@H]3CC12CC1O[C@]13C. The Morgan fingerprint density at radius 3 is 2.57 bits per heavy atom. The Labute approximate surface area is 139 Å². The zero-order valence-electron chi connectivity index (χ0n) is 14.8. The number of fused-ring (bicyclic) bond motifs is 4. The van der Waals surface area contributed by atoms with Crippen molar-refractivity contribution in [1.82, 2.24) is 0 Å². The highest BCUT2D eigenvalue weighted by atomic mass is 16.6. The van der Waals surface area contributed by atoms with Gasteiger partial charge in [-0.3, -0.25) is 0 Å². The quantitative estimate of drug-likeness (QED) is 0.730. The summed E-state index contributed by atoms with van der Waals surface area (Å²) in [4.78, 5) is 0. The highest BCUT2D eigenvalue weighted by molar-refractivity contribution is 5.24. The number of hydrogen-bond donors (Lipinski definition) is 2. The van der Waals surface area contributed by atoms with E-state index in [2.05, 4.69) is 20.8 Å². The topological polar surface area (TPSA) is 53.0 Å². The summed E-state index contributed by atoms with van der Waals surface area (Å²) in [5.41, 5.74) is 0.519. The molecular weight excluding hydrogens is 288 g/mol. The van der Waals surface area contributed by atoms with Crippen LogP contribution in [-0.4, -0.2) is 34.6 Å². The molecule has 0 amide bonds. The lowest BCUT2D eigenvalue weighted by Gasteiger charge is -2.66. The Morgan fingerprint density at radius 2 is 1.83 bits per heavy atom. The van der Waals surface area contributed by atoms with Gasteiger partial charge in [0.1, 0.15) is 0 Å². The maximum atomic E-state index is 10.7. The molecule has 2 N–H and O–H groups in total. The molecule has 1 saturated heterocycles. The number of rotatable bonds is 1. The van der Waals surface area contributed by atoms with E-state index in [0.717, 1.165) is 24.7 Å². The molecule has 2 bridgehead atoms. The monoisotopic (exact) mass is 320 g/mol. The zero-order valence-corrected chi connectivity index (χ0v) is 14.8. The van der Waals surface area contributed by atoms with Crippen molar-refractivity contribution in [3.63, 3.8) is 0 Å². The van der Waals surface area contributed by atoms with Crippen molar-refractivity contribution in [3.05, 3.63) is 0 Å². The van der Waals surface area contributed by atoms with Crippen molar-refractivity contribution in [1.29, 1.82) is 0 Å². The molecule has 23 heavy (non-hydrogen) atoms. The van der Waals surface area contributed by atoms with Crippen molar-refractivity contribution >= 4 is 0 Å². The molecule has 5 rings (SSSR count). The number of ether oxygens (including phenoxy) is 1. The first kappa shape index (κ1) is 15.2. The highest BCUT2D eigenvalue weighted by Gasteiger charge is 2.76. The summed E-state index contributed by atoms with van der Waals surface area (Å²) in [7, 11) is 0. The lowest BCUT2D eigenvalue weighted by atomic mass is 9.39. The van der Waals surface area contributed by atoms with Crippen molar-refractivity contribution in [2.24, 2.45) is 34.0 Å². The van der Waals surface area contributed by atoms with E-state index in [1.165, 1.54) is 32.1 Å². The molecular formula is C20H32O3. The number of aliphatic hydroxyl groups is 2. The van der Waals surface area contributed by atoms with E-state index in [9.17, 15) is 10.2 Å². The third kappa shape index (κ3) is 1.50. The van der Waals surface area contributed by atoms with Crippen LogP contribution < -0.4 is 0 Å². The summed E-state index contributed by atoms with van der Waals surface area (Å²) >= 11 is 0. The molecule has 3 heteroatoms. The van der Waals surface area contributed by atoms with Crippen molar-refractivity contribution in [2.75, 3.05) is 6.61 Å². The first-order chi connectivity index (χ1) is 10.8. The van der Waals surface area contributed by atoms with Crippen LogP contribution in [0, 0.1) is 34.0 Å². The molecule has 0 radical (unpaired) electrons. The van der Waals surface area contributed by atoms with Crippen LogP contribution in [0.3, 0.4) is 0 Å². The van der Waals surface area contributed by atoms with E-state index >= 15 is 0 Å². The molecule has 1 heterocycles. The van der Waals surface area contributed by atoms with Gasteiger partial charge in [-0.25, -0.2) is 0 Å². The lowest BCUT2D eigenvalue weighted by molar-refractivity contribution is -0.207. The predicted molar refractivity (Wildman–Crippen MR) is 87.8 cm³/mol. The Kier molecular flexibility index (Phi) is 2.74. The van der Waals surface area contributed by atoms with Gasteiger partial charge >= 0.3 is 0 Å². The Bertz CT molecular complexity index is 545. The van der Waals surface area contributed by atoms with Gasteiger partial charge in [0.05, 0.1) is 24.4 Å². The van der Waals surface area contributed by atoms with Gasteiger partial charge in [0, 0.05) is 5.41 Å². The average molecular weight is 320 g/mol. The molecule has 1 aliphatic heterocycles. The van der Waals surface area contributed by atoms with Gasteiger partial charge < -0.3 is 14.9 Å². The van der Waals surface area contributed by atoms with E-state index < -0.39 is 0 Å². The summed E-state index contributed by atoms with van der Waals surface area (Å²) in [6, 6.07) is 0. The minimum Gasteiger partial charge on any atom is -0.396 e. The molecule has 5 aliphatic rings. The van der Waals surface area contributed by atoms with Gasteiger partial charge in [-0.2, -0.15) is 0 Å². The summed E-state index contributed by atoms with van der Waals surface area (Å²) in [6.07, 6.45) is 8.51. The van der Waals surface area contributed by atoms with Gasteiger partial charge in [0.25, 0.3) is 0 Å². The molecule has 2 unspecified atom stereocenters. The van der Waals surface area contributed by atoms with Crippen LogP contribution in [0.5, 0.6) is 0 Å². The van der Waals surface area contributed by atoms with Gasteiger partial charge in [-0.05, 0) is 80.5 Å². The highest BCUT2D eigenvalue weighted by Crippen LogP contribution is 2.78. The fourth-order valence-corrected chi connectivity index (χ4v) is 8.21. The smallest absolute Gasteiger partial charge is 0.0948 e. The molecule has 0 aromatic carbocycles. The molecule has 5 fully saturated rings. The minimum atomic E-state index is -0.346. The number of hydrogen-bond acceptors (Lipinski definition) is 3. The second-order valence-corrected chi connectivity index (χ2v) is 10.3. The number of aliphatic hydroxyl groups excluding tert-OH is 2. The van der Waals surface area contributed by atoms with Crippen LogP contribution in [-0.2, 0) is 4.74 Å². The lowest BCUT2D eigenvalue weighted by Crippen LogP contribution is -2.62. The summed E-state index contributed by atoms with van der Waals surface area (Å²) in [6.45, 7) is 7.12. The normalized spacial score (nSPS) is 66.4. The van der Waals surface area contributed by atoms with Gasteiger partial charge in [0.15, 0.2) is 0 Å². The fourth-order valence-electron chi connectivity index (χ4n) is 8.21. The van der Waals surface area contributed by atoms with Crippen LogP contribution in [0.1, 0.15) is 65.7 Å². The molecule has 4 saturated carbocycles. The summed E-state index contributed by atoms with van der Waals surface area (Å²) in [5, 5.41) is 20.8. The van der Waals surface area contributed by atoms with Crippen LogP contribution in [0.25, 0.3) is 0 Å². The molecule has 9 atom stereocenters. The molecule has 4 aliphatic carbocycles. The van der Waals surface area contributed by atoms with E-state index in [-0.39, 0.29) is 29.1 Å². The van der Waals surface area contributed by atoms with Crippen molar-refractivity contribution in [3.8, 4) is 0 Å². The summed E-state index contributed by atoms with van der Waals surface area (Å²) < 4.78 is 6.17. The molecule has 0 aromatic heterocycles. The van der Waals surface area contributed by atoms with Crippen LogP contribution in [0.15, 0.2) is 0 Å². The van der Waals surface area contributed by atoms with Crippen LogP contribution in [0.4, 0.5) is 0 Å². The largest absolute Gasteiger partial charge is 0.396 e. The predicted octanol–water partition coefficient (Wildman–Crippen LogP) is 3.13. The van der Waals surface area contributed by atoms with Crippen molar-refractivity contribution in [2.45, 2.75) is 83.5 Å². The van der Waals surface area contributed by atoms with E-state index in [4.69, 9.17) is 4.74 Å². The third-order valence-electron chi connectivity index (χ3n) is 9.85. The minimum absolute atomic E-state index is 0.121. The molecule has 1 spiro atoms. The second kappa shape index (κ2) is 4.16. The second-order valence-electron chi connectivity index (χ2n) is 10.3. The van der Waals surface area contributed by atoms with Crippen molar-refractivity contribution < 1.29 is 14.9 Å².